The molecule has 0 N–H and O–H groups in total. The van der Waals surface area contributed by atoms with Crippen molar-refractivity contribution in [1.29, 1.82) is 0 Å². The van der Waals surface area contributed by atoms with Crippen molar-refractivity contribution < 1.29 is 19.1 Å². The lowest BCUT2D eigenvalue weighted by atomic mass is 10.0. The summed E-state index contributed by atoms with van der Waals surface area (Å²) >= 11 is 6.07. The van der Waals surface area contributed by atoms with Crippen LogP contribution >= 0.6 is 11.6 Å². The lowest BCUT2D eigenvalue weighted by Crippen LogP contribution is -2.48. The summed E-state index contributed by atoms with van der Waals surface area (Å²) in [6, 6.07) is 16.1. The second-order valence-electron chi connectivity index (χ2n) is 6.16. The maximum atomic E-state index is 12.8. The van der Waals surface area contributed by atoms with E-state index in [1.54, 1.807) is 14.0 Å². The molecule has 0 saturated heterocycles. The summed E-state index contributed by atoms with van der Waals surface area (Å²) in [7, 11) is 2.91. The average Bonchev–Trinajstić information content (AvgIpc) is 2.70. The molecule has 0 unspecified atom stereocenters. The van der Waals surface area contributed by atoms with Crippen LogP contribution in [-0.4, -0.2) is 42.4 Å². The molecule has 144 valence electrons. The van der Waals surface area contributed by atoms with Gasteiger partial charge in [0.15, 0.2) is 0 Å². The second kappa shape index (κ2) is 9.97. The standard InChI is InChI=1S/C21H24ClNO4/c1-15(22)20(24)23(14-17-9-11-18(26-2)12-10-17)19(21(25)27-3)13-16-7-5-4-6-8-16/h4-12,15,19H,13-14H2,1-3H3/t15-,19-/m0/s1. The van der Waals surface area contributed by atoms with Crippen molar-refractivity contribution in [3.05, 3.63) is 65.7 Å². The molecule has 0 fully saturated rings. The summed E-state index contributed by atoms with van der Waals surface area (Å²) in [6.45, 7) is 1.84. The minimum atomic E-state index is -0.770. The van der Waals surface area contributed by atoms with E-state index in [1.807, 2.05) is 54.6 Å². The summed E-state index contributed by atoms with van der Waals surface area (Å²) in [6.07, 6.45) is 0.346. The van der Waals surface area contributed by atoms with Gasteiger partial charge in [-0.05, 0) is 30.2 Å². The first-order valence-electron chi connectivity index (χ1n) is 8.65. The molecule has 0 aliphatic rings. The number of hydrogen-bond acceptors (Lipinski definition) is 4. The molecule has 5 nitrogen and oxygen atoms in total. The van der Waals surface area contributed by atoms with E-state index in [9.17, 15) is 9.59 Å². The van der Waals surface area contributed by atoms with E-state index in [-0.39, 0.29) is 12.5 Å². The Balaban J connectivity index is 2.34. The van der Waals surface area contributed by atoms with Gasteiger partial charge in [0, 0.05) is 13.0 Å². The molecule has 0 heterocycles. The third-order valence-corrected chi connectivity index (χ3v) is 4.44. The summed E-state index contributed by atoms with van der Waals surface area (Å²) in [4.78, 5) is 26.8. The number of ether oxygens (including phenoxy) is 2. The highest BCUT2D eigenvalue weighted by Crippen LogP contribution is 2.19. The van der Waals surface area contributed by atoms with Crippen molar-refractivity contribution in [1.82, 2.24) is 4.90 Å². The predicted molar refractivity (Wildman–Crippen MR) is 105 cm³/mol. The number of esters is 1. The van der Waals surface area contributed by atoms with Crippen LogP contribution in [0.1, 0.15) is 18.1 Å². The number of methoxy groups -OCH3 is 2. The number of halogens is 1. The Morgan fingerprint density at radius 3 is 2.15 bits per heavy atom. The Morgan fingerprint density at radius 2 is 1.63 bits per heavy atom. The average molecular weight is 390 g/mol. The number of alkyl halides is 1. The summed E-state index contributed by atoms with van der Waals surface area (Å²) in [5.74, 6) is -0.0759. The molecule has 2 atom stereocenters. The minimum absolute atomic E-state index is 0.243. The van der Waals surface area contributed by atoms with E-state index >= 15 is 0 Å². The molecule has 0 saturated carbocycles. The quantitative estimate of drug-likeness (QED) is 0.512. The first kappa shape index (κ1) is 20.8. The van der Waals surface area contributed by atoms with Gasteiger partial charge in [-0.3, -0.25) is 4.79 Å². The third kappa shape index (κ3) is 5.73. The van der Waals surface area contributed by atoms with Crippen LogP contribution < -0.4 is 4.74 Å². The summed E-state index contributed by atoms with van der Waals surface area (Å²) in [5, 5.41) is -0.758. The first-order valence-corrected chi connectivity index (χ1v) is 9.09. The van der Waals surface area contributed by atoms with Crippen LogP contribution in [0, 0.1) is 0 Å². The molecule has 0 aliphatic carbocycles. The molecular formula is C21H24ClNO4. The number of nitrogens with zero attached hydrogens (tertiary/aromatic N) is 1. The van der Waals surface area contributed by atoms with E-state index < -0.39 is 17.4 Å². The Kier molecular flexibility index (Phi) is 7.67. The maximum Gasteiger partial charge on any atom is 0.328 e. The molecule has 0 aliphatic heterocycles. The van der Waals surface area contributed by atoms with Crippen molar-refractivity contribution >= 4 is 23.5 Å². The van der Waals surface area contributed by atoms with E-state index in [4.69, 9.17) is 21.1 Å². The van der Waals surface area contributed by atoms with Crippen LogP contribution in [0.15, 0.2) is 54.6 Å². The lowest BCUT2D eigenvalue weighted by molar-refractivity contribution is -0.153. The summed E-state index contributed by atoms with van der Waals surface area (Å²) < 4.78 is 10.1. The monoisotopic (exact) mass is 389 g/mol. The van der Waals surface area contributed by atoms with Gasteiger partial charge in [0.2, 0.25) is 5.91 Å². The molecule has 0 bridgehead atoms. The van der Waals surface area contributed by atoms with E-state index in [2.05, 4.69) is 0 Å². The Hall–Kier alpha value is -2.53. The fourth-order valence-electron chi connectivity index (χ4n) is 2.79. The van der Waals surface area contributed by atoms with Crippen LogP contribution in [-0.2, 0) is 27.3 Å². The Morgan fingerprint density at radius 1 is 1.00 bits per heavy atom. The van der Waals surface area contributed by atoms with Crippen molar-refractivity contribution in [2.24, 2.45) is 0 Å². The number of carbonyl (C=O) groups is 2. The molecule has 2 rings (SSSR count). The van der Waals surface area contributed by atoms with Crippen molar-refractivity contribution in [3.63, 3.8) is 0 Å². The van der Waals surface area contributed by atoms with Gasteiger partial charge in [0.05, 0.1) is 14.2 Å². The van der Waals surface area contributed by atoms with Crippen LogP contribution in [0.25, 0.3) is 0 Å². The summed E-state index contributed by atoms with van der Waals surface area (Å²) in [5.41, 5.74) is 1.80. The number of hydrogen-bond donors (Lipinski definition) is 0. The molecule has 27 heavy (non-hydrogen) atoms. The fraction of sp³-hybridized carbons (Fsp3) is 0.333. The van der Waals surface area contributed by atoms with Crippen molar-refractivity contribution in [2.45, 2.75) is 31.3 Å². The first-order chi connectivity index (χ1) is 13.0. The zero-order valence-corrected chi connectivity index (χ0v) is 16.5. The molecule has 2 aromatic carbocycles. The number of amides is 1. The van der Waals surface area contributed by atoms with Gasteiger partial charge < -0.3 is 14.4 Å². The van der Waals surface area contributed by atoms with Gasteiger partial charge in [-0.25, -0.2) is 4.79 Å². The van der Waals surface area contributed by atoms with Crippen LogP contribution in [0.4, 0.5) is 0 Å². The molecule has 6 heteroatoms. The Labute approximate surface area is 164 Å². The highest BCUT2D eigenvalue weighted by atomic mass is 35.5. The van der Waals surface area contributed by atoms with E-state index in [1.165, 1.54) is 12.0 Å². The van der Waals surface area contributed by atoms with Crippen molar-refractivity contribution in [3.8, 4) is 5.75 Å². The van der Waals surface area contributed by atoms with Crippen LogP contribution in [0.3, 0.4) is 0 Å². The Bertz CT molecular complexity index is 747. The molecule has 2 aromatic rings. The van der Waals surface area contributed by atoms with Gasteiger partial charge in [0.25, 0.3) is 0 Å². The molecule has 0 aromatic heterocycles. The van der Waals surface area contributed by atoms with E-state index in [0.29, 0.717) is 6.42 Å². The van der Waals surface area contributed by atoms with Crippen LogP contribution in [0.5, 0.6) is 5.75 Å². The van der Waals surface area contributed by atoms with E-state index in [0.717, 1.165) is 16.9 Å². The molecule has 0 spiro atoms. The zero-order valence-electron chi connectivity index (χ0n) is 15.7. The maximum absolute atomic E-state index is 12.8. The van der Waals surface area contributed by atoms with Gasteiger partial charge in [0.1, 0.15) is 17.2 Å². The molecular weight excluding hydrogens is 366 g/mol. The normalized spacial score (nSPS) is 12.7. The minimum Gasteiger partial charge on any atom is -0.497 e. The van der Waals surface area contributed by atoms with Gasteiger partial charge in [-0.1, -0.05) is 42.5 Å². The number of benzene rings is 2. The van der Waals surface area contributed by atoms with Gasteiger partial charge in [-0.15, -0.1) is 11.6 Å². The third-order valence-electron chi connectivity index (χ3n) is 4.26. The largest absolute Gasteiger partial charge is 0.497 e. The number of carbonyl (C=O) groups excluding carboxylic acids is 2. The van der Waals surface area contributed by atoms with Crippen molar-refractivity contribution in [2.75, 3.05) is 14.2 Å². The second-order valence-corrected chi connectivity index (χ2v) is 6.81. The highest BCUT2D eigenvalue weighted by molar-refractivity contribution is 6.30. The smallest absolute Gasteiger partial charge is 0.328 e. The van der Waals surface area contributed by atoms with Gasteiger partial charge >= 0.3 is 5.97 Å². The topological polar surface area (TPSA) is 55.8 Å². The zero-order chi connectivity index (χ0) is 19.8. The predicted octanol–water partition coefficient (Wildman–Crippen LogP) is 3.44. The SMILES string of the molecule is COC(=O)[C@H](Cc1ccccc1)N(Cc1ccc(OC)cc1)C(=O)[C@H](C)Cl. The molecule has 1 amide bonds. The molecule has 0 radical (unpaired) electrons. The fourth-order valence-corrected chi connectivity index (χ4v) is 2.92. The lowest BCUT2D eigenvalue weighted by Gasteiger charge is -2.31. The number of rotatable bonds is 8. The van der Waals surface area contributed by atoms with Gasteiger partial charge in [-0.2, -0.15) is 0 Å². The highest BCUT2D eigenvalue weighted by Gasteiger charge is 2.32. The van der Waals surface area contributed by atoms with Crippen LogP contribution in [0.2, 0.25) is 0 Å².